The van der Waals surface area contributed by atoms with Crippen molar-refractivity contribution < 1.29 is 17.5 Å². The third kappa shape index (κ3) is 3.68. The molecule has 0 aliphatic rings. The largest absolute Gasteiger partial charge is 0.456 e. The fourth-order valence-corrected chi connectivity index (χ4v) is 2.73. The smallest absolute Gasteiger partial charge is 0.261 e. The summed E-state index contributed by atoms with van der Waals surface area (Å²) in [6.45, 7) is 0. The van der Waals surface area contributed by atoms with Gasteiger partial charge < -0.3 is 4.74 Å². The van der Waals surface area contributed by atoms with Gasteiger partial charge in [-0.2, -0.15) is 0 Å². The van der Waals surface area contributed by atoms with Crippen molar-refractivity contribution in [1.29, 1.82) is 0 Å². The van der Waals surface area contributed by atoms with E-state index in [1.165, 1.54) is 42.5 Å². The Morgan fingerprint density at radius 3 is 2.26 bits per heavy atom. The Morgan fingerprint density at radius 1 is 1.11 bits per heavy atom. The summed E-state index contributed by atoms with van der Waals surface area (Å²) in [5.41, 5.74) is 0. The predicted octanol–water partition coefficient (Wildman–Crippen LogP) is 4.31. The van der Waals surface area contributed by atoms with Crippen molar-refractivity contribution in [2.75, 3.05) is 0 Å². The van der Waals surface area contributed by atoms with E-state index in [1.807, 2.05) is 0 Å². The van der Waals surface area contributed by atoms with Gasteiger partial charge in [-0.25, -0.2) is 12.8 Å². The summed E-state index contributed by atoms with van der Waals surface area (Å²) in [5, 5.41) is 0. The summed E-state index contributed by atoms with van der Waals surface area (Å²) in [4.78, 5) is -0.0347. The maximum atomic E-state index is 12.7. The zero-order chi connectivity index (χ0) is 14.0. The van der Waals surface area contributed by atoms with Crippen LogP contribution in [-0.4, -0.2) is 8.42 Å². The molecule has 0 aromatic heterocycles. The van der Waals surface area contributed by atoms with Crippen LogP contribution in [0, 0.1) is 5.82 Å². The first-order chi connectivity index (χ1) is 8.86. The molecule has 0 unspecified atom stereocenters. The molecule has 0 saturated heterocycles. The van der Waals surface area contributed by atoms with Crippen molar-refractivity contribution in [3.05, 3.63) is 52.8 Å². The Morgan fingerprint density at radius 2 is 1.74 bits per heavy atom. The third-order valence-corrected chi connectivity index (χ3v) is 4.20. The Balaban J connectivity index is 2.29. The van der Waals surface area contributed by atoms with Crippen LogP contribution in [0.25, 0.3) is 0 Å². The first kappa shape index (κ1) is 14.3. The van der Waals surface area contributed by atoms with Crippen LogP contribution < -0.4 is 4.74 Å². The summed E-state index contributed by atoms with van der Waals surface area (Å²) in [6, 6.07) is 9.58. The molecule has 0 N–H and O–H groups in total. The van der Waals surface area contributed by atoms with Crippen LogP contribution in [0.15, 0.2) is 51.8 Å². The molecule has 2 rings (SSSR count). The predicted molar refractivity (Wildman–Crippen MR) is 73.7 cm³/mol. The van der Waals surface area contributed by atoms with E-state index in [2.05, 4.69) is 15.9 Å². The lowest BCUT2D eigenvalue weighted by Gasteiger charge is -2.08. The van der Waals surface area contributed by atoms with Crippen molar-refractivity contribution in [2.45, 2.75) is 4.90 Å². The van der Waals surface area contributed by atoms with Crippen LogP contribution >= 0.6 is 26.6 Å². The monoisotopic (exact) mass is 364 g/mol. The molecule has 0 radical (unpaired) electrons. The lowest BCUT2D eigenvalue weighted by atomic mass is 10.3. The van der Waals surface area contributed by atoms with Crippen molar-refractivity contribution in [3.63, 3.8) is 0 Å². The van der Waals surface area contributed by atoms with E-state index >= 15 is 0 Å². The maximum absolute atomic E-state index is 12.7. The van der Waals surface area contributed by atoms with Crippen LogP contribution in [0.1, 0.15) is 0 Å². The average molecular weight is 366 g/mol. The summed E-state index contributed by atoms with van der Waals surface area (Å²) in [5.74, 6) is 0.467. The second-order valence-corrected chi connectivity index (χ2v) is 7.01. The van der Waals surface area contributed by atoms with Crippen molar-refractivity contribution in [1.82, 2.24) is 0 Å². The van der Waals surface area contributed by atoms with Crippen LogP contribution in [0.3, 0.4) is 0 Å². The molecule has 0 aliphatic heterocycles. The number of rotatable bonds is 3. The van der Waals surface area contributed by atoms with Gasteiger partial charge in [-0.05, 0) is 58.4 Å². The molecule has 0 bridgehead atoms. The zero-order valence-corrected chi connectivity index (χ0v) is 12.5. The van der Waals surface area contributed by atoms with Gasteiger partial charge >= 0.3 is 0 Å². The lowest BCUT2D eigenvalue weighted by molar-refractivity contribution is 0.477. The van der Waals surface area contributed by atoms with Gasteiger partial charge in [0.25, 0.3) is 9.05 Å². The maximum Gasteiger partial charge on any atom is 0.261 e. The lowest BCUT2D eigenvalue weighted by Crippen LogP contribution is -1.92. The Labute approximate surface area is 122 Å². The minimum Gasteiger partial charge on any atom is -0.456 e. The molecular formula is C12H7BrClFO3S. The normalized spacial score (nSPS) is 11.3. The summed E-state index contributed by atoms with van der Waals surface area (Å²) < 4.78 is 41.0. The van der Waals surface area contributed by atoms with E-state index in [1.54, 1.807) is 0 Å². The zero-order valence-electron chi connectivity index (χ0n) is 9.31. The van der Waals surface area contributed by atoms with E-state index in [9.17, 15) is 12.8 Å². The van der Waals surface area contributed by atoms with Gasteiger partial charge in [-0.3, -0.25) is 0 Å². The van der Waals surface area contributed by atoms with E-state index in [4.69, 9.17) is 15.4 Å². The molecule has 100 valence electrons. The SMILES string of the molecule is O=S(=O)(Cl)c1ccc(Oc2ccc(F)cc2)c(Br)c1. The van der Waals surface area contributed by atoms with Gasteiger partial charge in [0.1, 0.15) is 17.3 Å². The third-order valence-electron chi connectivity index (χ3n) is 2.23. The first-order valence-electron chi connectivity index (χ1n) is 5.04. The highest BCUT2D eigenvalue weighted by atomic mass is 79.9. The van der Waals surface area contributed by atoms with E-state index < -0.39 is 9.05 Å². The van der Waals surface area contributed by atoms with Crippen molar-refractivity contribution >= 4 is 35.7 Å². The van der Waals surface area contributed by atoms with Crippen LogP contribution in [0.2, 0.25) is 0 Å². The number of benzene rings is 2. The molecule has 0 spiro atoms. The molecule has 2 aromatic rings. The molecule has 3 nitrogen and oxygen atoms in total. The fraction of sp³-hybridized carbons (Fsp3) is 0. The second kappa shape index (κ2) is 5.48. The first-order valence-corrected chi connectivity index (χ1v) is 8.14. The van der Waals surface area contributed by atoms with Gasteiger partial charge in [0.2, 0.25) is 0 Å². The minimum atomic E-state index is -3.78. The highest BCUT2D eigenvalue weighted by Crippen LogP contribution is 2.32. The molecule has 0 heterocycles. The van der Waals surface area contributed by atoms with Gasteiger partial charge in [-0.15, -0.1) is 0 Å². The topological polar surface area (TPSA) is 43.4 Å². The van der Waals surface area contributed by atoms with Crippen LogP contribution in [0.5, 0.6) is 11.5 Å². The molecular weight excluding hydrogens is 359 g/mol. The molecule has 0 amide bonds. The number of ether oxygens (including phenoxy) is 1. The molecule has 0 saturated carbocycles. The highest BCUT2D eigenvalue weighted by molar-refractivity contribution is 9.10. The Kier molecular flexibility index (Phi) is 4.13. The number of halogens is 3. The summed E-state index contributed by atoms with van der Waals surface area (Å²) >= 11 is 3.19. The standard InChI is InChI=1S/C12H7BrClFO3S/c13-11-7-10(19(14,16)17)5-6-12(11)18-9-3-1-8(15)2-4-9/h1-7H. The van der Waals surface area contributed by atoms with E-state index in [-0.39, 0.29) is 10.7 Å². The quantitative estimate of drug-likeness (QED) is 0.761. The Hall–Kier alpha value is -1.11. The molecule has 0 atom stereocenters. The minimum absolute atomic E-state index is 0.0347. The molecule has 0 aliphatic carbocycles. The van der Waals surface area contributed by atoms with E-state index in [0.29, 0.717) is 16.0 Å². The molecule has 0 fully saturated rings. The molecule has 7 heteroatoms. The molecule has 2 aromatic carbocycles. The van der Waals surface area contributed by atoms with Crippen LogP contribution in [-0.2, 0) is 9.05 Å². The molecule has 19 heavy (non-hydrogen) atoms. The van der Waals surface area contributed by atoms with Gasteiger partial charge in [0.15, 0.2) is 0 Å². The second-order valence-electron chi connectivity index (χ2n) is 3.59. The summed E-state index contributed by atoms with van der Waals surface area (Å²) in [7, 11) is 1.45. The fourth-order valence-electron chi connectivity index (χ4n) is 1.35. The Bertz CT molecular complexity index is 701. The number of hydrogen-bond acceptors (Lipinski definition) is 3. The van der Waals surface area contributed by atoms with E-state index in [0.717, 1.165) is 0 Å². The van der Waals surface area contributed by atoms with Crippen molar-refractivity contribution in [2.24, 2.45) is 0 Å². The van der Waals surface area contributed by atoms with Gasteiger partial charge in [-0.1, -0.05) is 0 Å². The average Bonchev–Trinajstić information content (AvgIpc) is 2.33. The van der Waals surface area contributed by atoms with Crippen molar-refractivity contribution in [3.8, 4) is 11.5 Å². The number of hydrogen-bond donors (Lipinski definition) is 0. The van der Waals surface area contributed by atoms with Gasteiger partial charge in [0.05, 0.1) is 9.37 Å². The van der Waals surface area contributed by atoms with Gasteiger partial charge in [0, 0.05) is 10.7 Å². The highest BCUT2D eigenvalue weighted by Gasteiger charge is 2.13. The summed E-state index contributed by atoms with van der Waals surface area (Å²) in [6.07, 6.45) is 0. The van der Waals surface area contributed by atoms with Crippen LogP contribution in [0.4, 0.5) is 4.39 Å².